The maximum Gasteiger partial charge on any atom is 0.313 e. The molecule has 0 aromatic heterocycles. The molecule has 6 atom stereocenters. The normalized spacial score (nSPS) is 44.2. The van der Waals surface area contributed by atoms with Gasteiger partial charge in [0.15, 0.2) is 0 Å². The first-order valence-corrected chi connectivity index (χ1v) is 6.32. The SMILES string of the molecule is CCOC(=O)C1C2OC3C(OC(=O)C31)C2CCO. The molecule has 0 aliphatic carbocycles. The van der Waals surface area contributed by atoms with Crippen molar-refractivity contribution in [2.45, 2.75) is 31.7 Å². The lowest BCUT2D eigenvalue weighted by molar-refractivity contribution is -0.155. The van der Waals surface area contributed by atoms with Crippen molar-refractivity contribution in [2.24, 2.45) is 17.8 Å². The van der Waals surface area contributed by atoms with Gasteiger partial charge in [-0.3, -0.25) is 9.59 Å². The predicted molar refractivity (Wildman–Crippen MR) is 57.3 cm³/mol. The maximum atomic E-state index is 11.9. The average molecular weight is 256 g/mol. The van der Waals surface area contributed by atoms with Crippen LogP contribution in [-0.4, -0.2) is 48.6 Å². The Kier molecular flexibility index (Phi) is 2.79. The number of hydrogen-bond donors (Lipinski definition) is 1. The Hall–Kier alpha value is -1.14. The standard InChI is InChI=1S/C12H16O6/c1-2-16-11(14)6-7-10-9(18-12(7)15)5(3-4-13)8(6)17-10/h5-10,13H,2-4H2,1H3. The van der Waals surface area contributed by atoms with Crippen LogP contribution in [0, 0.1) is 17.8 Å². The molecule has 3 rings (SSSR count). The fourth-order valence-corrected chi connectivity index (χ4v) is 3.48. The van der Waals surface area contributed by atoms with E-state index in [0.717, 1.165) is 0 Å². The van der Waals surface area contributed by atoms with Crippen molar-refractivity contribution >= 4 is 11.9 Å². The quantitative estimate of drug-likeness (QED) is 0.682. The lowest BCUT2D eigenvalue weighted by atomic mass is 9.73. The summed E-state index contributed by atoms with van der Waals surface area (Å²) in [6, 6.07) is 0. The third kappa shape index (κ3) is 1.42. The van der Waals surface area contributed by atoms with Gasteiger partial charge in [-0.05, 0) is 13.3 Å². The van der Waals surface area contributed by atoms with Crippen molar-refractivity contribution in [3.63, 3.8) is 0 Å². The Bertz CT molecular complexity index is 381. The summed E-state index contributed by atoms with van der Waals surface area (Å²) in [7, 11) is 0. The fourth-order valence-electron chi connectivity index (χ4n) is 3.48. The van der Waals surface area contributed by atoms with Gasteiger partial charge in [-0.1, -0.05) is 0 Å². The van der Waals surface area contributed by atoms with Gasteiger partial charge in [0.1, 0.15) is 18.1 Å². The van der Waals surface area contributed by atoms with Crippen molar-refractivity contribution < 1.29 is 28.9 Å². The van der Waals surface area contributed by atoms with E-state index in [1.807, 2.05) is 0 Å². The number of hydrogen-bond acceptors (Lipinski definition) is 6. The molecule has 0 radical (unpaired) electrons. The molecular weight excluding hydrogens is 240 g/mol. The number of fused-ring (bicyclic) bond motifs is 1. The molecule has 0 saturated carbocycles. The molecular formula is C12H16O6. The van der Waals surface area contributed by atoms with Crippen LogP contribution in [-0.2, 0) is 23.8 Å². The highest BCUT2D eigenvalue weighted by Gasteiger charge is 2.70. The molecule has 3 saturated heterocycles. The zero-order chi connectivity index (χ0) is 12.9. The first kappa shape index (κ1) is 11.9. The van der Waals surface area contributed by atoms with Crippen LogP contribution in [0.2, 0.25) is 0 Å². The number of esters is 2. The summed E-state index contributed by atoms with van der Waals surface area (Å²) in [5.74, 6) is -1.95. The minimum Gasteiger partial charge on any atom is -0.466 e. The average Bonchev–Trinajstić information content (AvgIpc) is 2.92. The number of rotatable bonds is 4. The van der Waals surface area contributed by atoms with Crippen LogP contribution < -0.4 is 0 Å². The van der Waals surface area contributed by atoms with E-state index in [0.29, 0.717) is 6.42 Å². The molecule has 6 unspecified atom stereocenters. The predicted octanol–water partition coefficient (Wildman–Crippen LogP) is -0.513. The molecule has 6 nitrogen and oxygen atoms in total. The van der Waals surface area contributed by atoms with Gasteiger partial charge >= 0.3 is 11.9 Å². The van der Waals surface area contributed by atoms with E-state index in [1.165, 1.54) is 0 Å². The van der Waals surface area contributed by atoms with E-state index >= 15 is 0 Å². The number of ether oxygens (including phenoxy) is 3. The van der Waals surface area contributed by atoms with E-state index in [9.17, 15) is 9.59 Å². The Labute approximate surface area is 104 Å². The van der Waals surface area contributed by atoms with Crippen LogP contribution in [0.4, 0.5) is 0 Å². The van der Waals surface area contributed by atoms with Crippen LogP contribution in [0.15, 0.2) is 0 Å². The molecule has 18 heavy (non-hydrogen) atoms. The largest absolute Gasteiger partial charge is 0.466 e. The zero-order valence-electron chi connectivity index (χ0n) is 10.1. The number of aliphatic hydroxyl groups is 1. The van der Waals surface area contributed by atoms with E-state index < -0.39 is 17.8 Å². The first-order chi connectivity index (χ1) is 8.69. The Morgan fingerprint density at radius 2 is 2.17 bits per heavy atom. The summed E-state index contributed by atoms with van der Waals surface area (Å²) >= 11 is 0. The van der Waals surface area contributed by atoms with E-state index in [-0.39, 0.29) is 43.4 Å². The van der Waals surface area contributed by atoms with E-state index in [1.54, 1.807) is 6.92 Å². The summed E-state index contributed by atoms with van der Waals surface area (Å²) in [6.07, 6.45) is -0.525. The fraction of sp³-hybridized carbons (Fsp3) is 0.833. The third-order valence-corrected chi connectivity index (χ3v) is 4.12. The molecule has 3 fully saturated rings. The second kappa shape index (κ2) is 4.20. The number of carbonyl (C=O) groups excluding carboxylic acids is 2. The van der Waals surface area contributed by atoms with Crippen LogP contribution in [0.25, 0.3) is 0 Å². The topological polar surface area (TPSA) is 82.1 Å². The molecule has 1 N–H and O–H groups in total. The Balaban J connectivity index is 1.87. The van der Waals surface area contributed by atoms with E-state index in [2.05, 4.69) is 0 Å². The molecule has 2 bridgehead atoms. The van der Waals surface area contributed by atoms with Crippen LogP contribution in [0.1, 0.15) is 13.3 Å². The van der Waals surface area contributed by atoms with Crippen molar-refractivity contribution in [1.82, 2.24) is 0 Å². The van der Waals surface area contributed by atoms with Gasteiger partial charge in [-0.25, -0.2) is 0 Å². The maximum absolute atomic E-state index is 11.9. The highest BCUT2D eigenvalue weighted by Crippen LogP contribution is 2.53. The molecule has 0 aromatic rings. The summed E-state index contributed by atoms with van der Waals surface area (Å²) in [5.41, 5.74) is 0. The van der Waals surface area contributed by atoms with Gasteiger partial charge in [0.2, 0.25) is 0 Å². The molecule has 3 aliphatic heterocycles. The highest BCUT2D eigenvalue weighted by atomic mass is 16.6. The smallest absolute Gasteiger partial charge is 0.313 e. The van der Waals surface area contributed by atoms with Crippen molar-refractivity contribution in [3.05, 3.63) is 0 Å². The summed E-state index contributed by atoms with van der Waals surface area (Å²) in [6.45, 7) is 2.00. The summed E-state index contributed by atoms with van der Waals surface area (Å²) in [4.78, 5) is 23.7. The summed E-state index contributed by atoms with van der Waals surface area (Å²) < 4.78 is 16.0. The molecule has 3 aliphatic rings. The monoisotopic (exact) mass is 256 g/mol. The Morgan fingerprint density at radius 3 is 2.83 bits per heavy atom. The van der Waals surface area contributed by atoms with Crippen molar-refractivity contribution in [2.75, 3.05) is 13.2 Å². The van der Waals surface area contributed by atoms with Gasteiger partial charge in [0, 0.05) is 12.5 Å². The van der Waals surface area contributed by atoms with Gasteiger partial charge < -0.3 is 19.3 Å². The van der Waals surface area contributed by atoms with Gasteiger partial charge in [-0.15, -0.1) is 0 Å². The lowest BCUT2D eigenvalue weighted by Gasteiger charge is -2.26. The molecule has 0 spiro atoms. The summed E-state index contributed by atoms with van der Waals surface area (Å²) in [5, 5.41) is 9.06. The lowest BCUT2D eigenvalue weighted by Crippen LogP contribution is -2.43. The minimum atomic E-state index is -0.572. The zero-order valence-corrected chi connectivity index (χ0v) is 10.1. The molecule has 6 heteroatoms. The highest BCUT2D eigenvalue weighted by molar-refractivity contribution is 5.86. The van der Waals surface area contributed by atoms with Crippen LogP contribution >= 0.6 is 0 Å². The minimum absolute atomic E-state index is 0.00842. The van der Waals surface area contributed by atoms with Gasteiger partial charge in [-0.2, -0.15) is 0 Å². The molecule has 0 amide bonds. The van der Waals surface area contributed by atoms with Gasteiger partial charge in [0.25, 0.3) is 0 Å². The molecule has 3 heterocycles. The molecule has 0 aromatic carbocycles. The van der Waals surface area contributed by atoms with Crippen LogP contribution in [0.3, 0.4) is 0 Å². The number of carbonyl (C=O) groups is 2. The molecule has 100 valence electrons. The third-order valence-electron chi connectivity index (χ3n) is 4.12. The van der Waals surface area contributed by atoms with Gasteiger partial charge in [0.05, 0.1) is 18.6 Å². The Morgan fingerprint density at radius 1 is 1.39 bits per heavy atom. The second-order valence-electron chi connectivity index (χ2n) is 4.95. The number of aliphatic hydroxyl groups excluding tert-OH is 1. The second-order valence-corrected chi connectivity index (χ2v) is 4.95. The van der Waals surface area contributed by atoms with E-state index in [4.69, 9.17) is 19.3 Å². The van der Waals surface area contributed by atoms with Crippen molar-refractivity contribution in [1.29, 1.82) is 0 Å². The van der Waals surface area contributed by atoms with Crippen molar-refractivity contribution in [3.8, 4) is 0 Å². The van der Waals surface area contributed by atoms with Crippen LogP contribution in [0.5, 0.6) is 0 Å². The first-order valence-electron chi connectivity index (χ1n) is 6.32.